The first-order valence-corrected chi connectivity index (χ1v) is 12.4. The Hall–Kier alpha value is -2.54. The molecule has 0 heterocycles. The maximum atomic E-state index is 2.44. The first-order valence-electron chi connectivity index (χ1n) is 12.4. The third kappa shape index (κ3) is 3.87. The minimum absolute atomic E-state index is 0.234. The Kier molecular flexibility index (Phi) is 6.21. The number of rotatable bonds is 7. The second kappa shape index (κ2) is 8.77. The van der Waals surface area contributed by atoms with Crippen molar-refractivity contribution in [3.05, 3.63) is 89.0 Å². The van der Waals surface area contributed by atoms with Crippen molar-refractivity contribution in [3.8, 4) is 0 Å². The minimum atomic E-state index is 0.234. The van der Waals surface area contributed by atoms with Crippen molar-refractivity contribution in [2.45, 2.75) is 84.5 Å². The lowest BCUT2D eigenvalue weighted by molar-refractivity contribution is 0.436. The first-order chi connectivity index (χ1) is 15.3. The molecule has 32 heavy (non-hydrogen) atoms. The number of anilines is 3. The lowest BCUT2D eigenvalue weighted by Crippen LogP contribution is -2.21. The number of fused-ring (bicyclic) bond motifs is 1. The monoisotopic (exact) mass is 425 g/mol. The van der Waals surface area contributed by atoms with E-state index in [1.165, 1.54) is 53.0 Å². The first kappa shape index (κ1) is 22.6. The molecule has 1 aliphatic rings. The third-order valence-electron chi connectivity index (χ3n) is 8.42. The van der Waals surface area contributed by atoms with Gasteiger partial charge in [0.2, 0.25) is 0 Å². The van der Waals surface area contributed by atoms with Crippen molar-refractivity contribution in [1.82, 2.24) is 0 Å². The molecule has 168 valence electrons. The highest BCUT2D eigenvalue weighted by Gasteiger charge is 2.33. The fraction of sp³-hybridized carbons (Fsp3) is 0.419. The zero-order chi connectivity index (χ0) is 22.9. The maximum Gasteiger partial charge on any atom is 0.0464 e. The van der Waals surface area contributed by atoms with E-state index in [2.05, 4.69) is 113 Å². The molecular weight excluding hydrogens is 386 g/mol. The van der Waals surface area contributed by atoms with E-state index in [0.29, 0.717) is 5.41 Å². The third-order valence-corrected chi connectivity index (χ3v) is 8.42. The van der Waals surface area contributed by atoms with Crippen LogP contribution in [-0.4, -0.2) is 0 Å². The van der Waals surface area contributed by atoms with Gasteiger partial charge in [-0.05, 0) is 109 Å². The van der Waals surface area contributed by atoms with Gasteiger partial charge in [-0.15, -0.1) is 0 Å². The smallest absolute Gasteiger partial charge is 0.0464 e. The van der Waals surface area contributed by atoms with Crippen LogP contribution in [0, 0.1) is 6.92 Å². The Morgan fingerprint density at radius 1 is 0.844 bits per heavy atom. The number of hydrogen-bond donors (Lipinski definition) is 0. The van der Waals surface area contributed by atoms with Crippen LogP contribution in [0.25, 0.3) is 0 Å². The number of aryl methyl sites for hydroxylation is 2. The van der Waals surface area contributed by atoms with Crippen molar-refractivity contribution in [2.75, 3.05) is 4.90 Å². The number of para-hydroxylation sites is 1. The Balaban J connectivity index is 1.82. The lowest BCUT2D eigenvalue weighted by Gasteiger charge is -2.32. The van der Waals surface area contributed by atoms with Crippen molar-refractivity contribution in [3.63, 3.8) is 0 Å². The Labute approximate surface area is 195 Å². The molecule has 4 rings (SSSR count). The van der Waals surface area contributed by atoms with Gasteiger partial charge in [0.1, 0.15) is 0 Å². The summed E-state index contributed by atoms with van der Waals surface area (Å²) in [6.07, 6.45) is 5.96. The quantitative estimate of drug-likeness (QED) is 0.365. The summed E-state index contributed by atoms with van der Waals surface area (Å²) >= 11 is 0. The van der Waals surface area contributed by atoms with Gasteiger partial charge in [-0.2, -0.15) is 0 Å². The molecule has 0 aliphatic heterocycles. The summed E-state index contributed by atoms with van der Waals surface area (Å²) in [7, 11) is 0. The summed E-state index contributed by atoms with van der Waals surface area (Å²) in [5.41, 5.74) is 10.2. The van der Waals surface area contributed by atoms with E-state index < -0.39 is 0 Å². The van der Waals surface area contributed by atoms with Crippen LogP contribution in [0.5, 0.6) is 0 Å². The van der Waals surface area contributed by atoms with E-state index in [1.807, 2.05) is 0 Å². The van der Waals surface area contributed by atoms with Gasteiger partial charge < -0.3 is 4.90 Å². The van der Waals surface area contributed by atoms with Crippen molar-refractivity contribution < 1.29 is 0 Å². The average Bonchev–Trinajstić information content (AvgIpc) is 3.16. The lowest BCUT2D eigenvalue weighted by atomic mass is 9.76. The number of benzene rings is 3. The van der Waals surface area contributed by atoms with Crippen LogP contribution in [0.15, 0.2) is 66.7 Å². The van der Waals surface area contributed by atoms with E-state index in [4.69, 9.17) is 0 Å². The standard InChI is InChI=1S/C31H39N/c1-7-30(5,8-2)28-17-15-26(21-23(28)4)32(25-13-11-10-12-14-25)27-16-18-29-24(22-27)19-20-31(29,6)9-3/h10-18,21-22H,7-9,19-20H2,1-6H3. The normalized spacial score (nSPS) is 17.9. The molecule has 0 N–H and O–H groups in total. The largest absolute Gasteiger partial charge is 0.310 e. The fourth-order valence-corrected chi connectivity index (χ4v) is 5.55. The zero-order valence-corrected chi connectivity index (χ0v) is 20.8. The van der Waals surface area contributed by atoms with Crippen molar-refractivity contribution in [1.29, 1.82) is 0 Å². The second-order valence-electron chi connectivity index (χ2n) is 10.2. The summed E-state index contributed by atoms with van der Waals surface area (Å²) in [6, 6.07) is 25.0. The van der Waals surface area contributed by atoms with E-state index in [-0.39, 0.29) is 5.41 Å². The van der Waals surface area contributed by atoms with E-state index in [0.717, 1.165) is 12.8 Å². The van der Waals surface area contributed by atoms with Gasteiger partial charge in [0, 0.05) is 17.1 Å². The van der Waals surface area contributed by atoms with Gasteiger partial charge >= 0.3 is 0 Å². The van der Waals surface area contributed by atoms with Crippen LogP contribution in [-0.2, 0) is 17.3 Å². The summed E-state index contributed by atoms with van der Waals surface area (Å²) in [4.78, 5) is 2.42. The molecule has 0 saturated heterocycles. The molecule has 1 atom stereocenters. The van der Waals surface area contributed by atoms with E-state index in [9.17, 15) is 0 Å². The van der Waals surface area contributed by atoms with Crippen LogP contribution < -0.4 is 4.90 Å². The van der Waals surface area contributed by atoms with Crippen LogP contribution in [0.3, 0.4) is 0 Å². The molecule has 0 spiro atoms. The maximum absolute atomic E-state index is 2.44. The van der Waals surface area contributed by atoms with Crippen LogP contribution in [0.2, 0.25) is 0 Å². The van der Waals surface area contributed by atoms with Crippen LogP contribution in [0.1, 0.15) is 82.6 Å². The van der Waals surface area contributed by atoms with Gasteiger partial charge in [-0.1, -0.05) is 65.0 Å². The Morgan fingerprint density at radius 2 is 1.50 bits per heavy atom. The Bertz CT molecular complexity index is 1080. The zero-order valence-electron chi connectivity index (χ0n) is 20.8. The molecule has 0 amide bonds. The number of nitrogens with zero attached hydrogens (tertiary/aromatic N) is 1. The van der Waals surface area contributed by atoms with E-state index >= 15 is 0 Å². The van der Waals surface area contributed by atoms with Gasteiger partial charge in [-0.3, -0.25) is 0 Å². The van der Waals surface area contributed by atoms with Gasteiger partial charge in [0.15, 0.2) is 0 Å². The predicted molar refractivity (Wildman–Crippen MR) is 140 cm³/mol. The summed E-state index contributed by atoms with van der Waals surface area (Å²) in [5, 5.41) is 0. The summed E-state index contributed by atoms with van der Waals surface area (Å²) < 4.78 is 0. The molecule has 0 radical (unpaired) electrons. The van der Waals surface area contributed by atoms with E-state index in [1.54, 1.807) is 5.56 Å². The second-order valence-corrected chi connectivity index (χ2v) is 10.2. The predicted octanol–water partition coefficient (Wildman–Crippen LogP) is 9.16. The van der Waals surface area contributed by atoms with Gasteiger partial charge in [0.05, 0.1) is 0 Å². The molecule has 1 nitrogen and oxygen atoms in total. The molecule has 1 heteroatoms. The van der Waals surface area contributed by atoms with Crippen LogP contribution in [0.4, 0.5) is 17.1 Å². The molecule has 0 bridgehead atoms. The topological polar surface area (TPSA) is 3.24 Å². The highest BCUT2D eigenvalue weighted by molar-refractivity contribution is 5.78. The molecule has 0 aromatic heterocycles. The molecular formula is C31H39N. The highest BCUT2D eigenvalue weighted by atomic mass is 15.1. The van der Waals surface area contributed by atoms with Gasteiger partial charge in [-0.25, -0.2) is 0 Å². The Morgan fingerprint density at radius 3 is 2.12 bits per heavy atom. The molecule has 1 unspecified atom stereocenters. The highest BCUT2D eigenvalue weighted by Crippen LogP contribution is 2.45. The van der Waals surface area contributed by atoms with Gasteiger partial charge in [0.25, 0.3) is 0 Å². The SMILES string of the molecule is CCC(C)(CC)c1ccc(N(c2ccccc2)c2ccc3c(c2)CCC3(C)CC)cc1C. The molecule has 3 aromatic carbocycles. The van der Waals surface area contributed by atoms with Crippen molar-refractivity contribution >= 4 is 17.1 Å². The molecule has 0 fully saturated rings. The fourth-order valence-electron chi connectivity index (χ4n) is 5.55. The molecule has 1 aliphatic carbocycles. The van der Waals surface area contributed by atoms with Crippen molar-refractivity contribution in [2.24, 2.45) is 0 Å². The molecule has 0 saturated carbocycles. The molecule has 3 aromatic rings. The summed E-state index contributed by atoms with van der Waals surface area (Å²) in [6.45, 7) is 14.0. The summed E-state index contributed by atoms with van der Waals surface area (Å²) in [5.74, 6) is 0. The average molecular weight is 426 g/mol. The number of hydrogen-bond acceptors (Lipinski definition) is 1. The minimum Gasteiger partial charge on any atom is -0.310 e. The van der Waals surface area contributed by atoms with Crippen LogP contribution >= 0.6 is 0 Å².